The zero-order chi connectivity index (χ0) is 20.3. The number of ether oxygens (including phenoxy) is 4. The molecule has 0 bridgehead atoms. The van der Waals surface area contributed by atoms with Gasteiger partial charge in [0.05, 0.1) is 26.4 Å². The van der Waals surface area contributed by atoms with Crippen molar-refractivity contribution in [2.45, 2.75) is 26.4 Å². The number of carbonyl (C=O) groups excluding carboxylic acids is 2. The Kier molecular flexibility index (Phi) is 6.36. The maximum Gasteiger partial charge on any atom is 0.194 e. The second kappa shape index (κ2) is 8.75. The maximum absolute atomic E-state index is 13.2. The van der Waals surface area contributed by atoms with Crippen molar-refractivity contribution >= 4 is 11.6 Å². The summed E-state index contributed by atoms with van der Waals surface area (Å²) < 4.78 is 21.0. The Morgan fingerprint density at radius 3 is 0.893 bits per heavy atom. The molecule has 2 aromatic rings. The van der Waals surface area contributed by atoms with E-state index in [0.29, 0.717) is 48.7 Å². The second-order valence-electron chi connectivity index (χ2n) is 6.72. The number of hydrogen-bond acceptors (Lipinski definition) is 6. The van der Waals surface area contributed by atoms with E-state index >= 15 is 0 Å². The van der Waals surface area contributed by atoms with Crippen LogP contribution in [-0.2, 0) is 45.4 Å². The molecule has 0 unspecified atom stereocenters. The van der Waals surface area contributed by atoms with Crippen LogP contribution in [0.4, 0.5) is 0 Å². The van der Waals surface area contributed by atoms with Crippen molar-refractivity contribution in [3.8, 4) is 0 Å². The smallest absolute Gasteiger partial charge is 0.194 e. The minimum Gasteiger partial charge on any atom is -0.380 e. The molecule has 0 aliphatic heterocycles. The fraction of sp³-hybridized carbons (Fsp3) is 0.364. The van der Waals surface area contributed by atoms with E-state index < -0.39 is 0 Å². The average Bonchev–Trinajstić information content (AvgIpc) is 2.68. The molecule has 0 saturated heterocycles. The molecular weight excluding hydrogens is 360 g/mol. The molecule has 0 saturated carbocycles. The maximum atomic E-state index is 13.2. The molecule has 0 heterocycles. The molecule has 1 aliphatic rings. The third kappa shape index (κ3) is 3.64. The Labute approximate surface area is 164 Å². The Morgan fingerprint density at radius 2 is 0.714 bits per heavy atom. The molecule has 0 N–H and O–H groups in total. The van der Waals surface area contributed by atoms with Gasteiger partial charge in [-0.1, -0.05) is 0 Å². The standard InChI is InChI=1S/C22H24O6/c1-25-9-13-5-17-18(6-14(13)10-26-2)22(24)20-8-16(12-28-4)15(11-27-3)7-19(20)21(17)23/h5-8H,9-12H2,1-4H3. The van der Waals surface area contributed by atoms with Gasteiger partial charge in [0.15, 0.2) is 11.6 Å². The third-order valence-corrected chi connectivity index (χ3v) is 4.86. The van der Waals surface area contributed by atoms with E-state index in [-0.39, 0.29) is 11.6 Å². The van der Waals surface area contributed by atoms with Gasteiger partial charge >= 0.3 is 0 Å². The lowest BCUT2D eigenvalue weighted by atomic mass is 9.80. The lowest BCUT2D eigenvalue weighted by Gasteiger charge is -2.22. The van der Waals surface area contributed by atoms with E-state index in [9.17, 15) is 9.59 Å². The first kappa shape index (κ1) is 20.4. The molecule has 2 aromatic carbocycles. The monoisotopic (exact) mass is 384 g/mol. The summed E-state index contributed by atoms with van der Waals surface area (Å²) in [6.45, 7) is 1.34. The molecule has 6 nitrogen and oxygen atoms in total. The van der Waals surface area contributed by atoms with Gasteiger partial charge in [-0.15, -0.1) is 0 Å². The van der Waals surface area contributed by atoms with Gasteiger partial charge < -0.3 is 18.9 Å². The summed E-state index contributed by atoms with van der Waals surface area (Å²) in [6, 6.07) is 6.98. The van der Waals surface area contributed by atoms with Crippen LogP contribution >= 0.6 is 0 Å². The third-order valence-electron chi connectivity index (χ3n) is 4.86. The summed E-state index contributed by atoms with van der Waals surface area (Å²) in [5.74, 6) is -0.348. The normalized spacial score (nSPS) is 12.9. The van der Waals surface area contributed by atoms with E-state index in [1.807, 2.05) is 0 Å². The van der Waals surface area contributed by atoms with Crippen LogP contribution < -0.4 is 0 Å². The molecular formula is C22H24O6. The number of carbonyl (C=O) groups is 2. The van der Waals surface area contributed by atoms with Crippen molar-refractivity contribution in [2.24, 2.45) is 0 Å². The number of benzene rings is 2. The highest BCUT2D eigenvalue weighted by Gasteiger charge is 2.32. The molecule has 28 heavy (non-hydrogen) atoms. The molecule has 1 aliphatic carbocycles. The summed E-state index contributed by atoms with van der Waals surface area (Å²) in [5.41, 5.74) is 4.92. The molecule has 0 radical (unpaired) electrons. The number of rotatable bonds is 8. The largest absolute Gasteiger partial charge is 0.380 e. The minimum absolute atomic E-state index is 0.174. The first-order valence-electron chi connectivity index (χ1n) is 8.92. The Balaban J connectivity index is 2.17. The fourth-order valence-electron chi connectivity index (χ4n) is 3.58. The summed E-state index contributed by atoms with van der Waals surface area (Å²) in [4.78, 5) is 26.4. The van der Waals surface area contributed by atoms with Gasteiger partial charge in [0.2, 0.25) is 0 Å². The highest BCUT2D eigenvalue weighted by atomic mass is 16.5. The molecule has 0 spiro atoms. The van der Waals surface area contributed by atoms with Crippen LogP contribution in [0.3, 0.4) is 0 Å². The predicted molar refractivity (Wildman–Crippen MR) is 103 cm³/mol. The predicted octanol–water partition coefficient (Wildman–Crippen LogP) is 3.05. The molecule has 148 valence electrons. The van der Waals surface area contributed by atoms with E-state index in [4.69, 9.17) is 18.9 Å². The van der Waals surface area contributed by atoms with Crippen molar-refractivity contribution in [1.29, 1.82) is 0 Å². The number of hydrogen-bond donors (Lipinski definition) is 0. The van der Waals surface area contributed by atoms with Crippen LogP contribution in [0.2, 0.25) is 0 Å². The molecule has 0 amide bonds. The number of methoxy groups -OCH3 is 4. The van der Waals surface area contributed by atoms with Crippen molar-refractivity contribution in [3.05, 3.63) is 68.8 Å². The summed E-state index contributed by atoms with van der Waals surface area (Å²) in [5, 5.41) is 0. The zero-order valence-electron chi connectivity index (χ0n) is 16.6. The van der Waals surface area contributed by atoms with Gasteiger partial charge in [0.1, 0.15) is 0 Å². The summed E-state index contributed by atoms with van der Waals surface area (Å²) in [7, 11) is 6.36. The van der Waals surface area contributed by atoms with Crippen LogP contribution in [0.25, 0.3) is 0 Å². The fourth-order valence-corrected chi connectivity index (χ4v) is 3.58. The molecule has 0 fully saturated rings. The van der Waals surface area contributed by atoms with Gasteiger partial charge in [-0.25, -0.2) is 0 Å². The van der Waals surface area contributed by atoms with Crippen LogP contribution in [0.15, 0.2) is 24.3 Å². The Morgan fingerprint density at radius 1 is 0.500 bits per heavy atom. The molecule has 3 rings (SSSR count). The van der Waals surface area contributed by atoms with Crippen LogP contribution in [0.5, 0.6) is 0 Å². The van der Waals surface area contributed by atoms with Gasteiger partial charge in [0.25, 0.3) is 0 Å². The average molecular weight is 384 g/mol. The van der Waals surface area contributed by atoms with E-state index in [2.05, 4.69) is 0 Å². The van der Waals surface area contributed by atoms with E-state index in [1.165, 1.54) is 0 Å². The number of fused-ring (bicyclic) bond motifs is 2. The van der Waals surface area contributed by atoms with Crippen LogP contribution in [0, 0.1) is 0 Å². The van der Waals surface area contributed by atoms with Gasteiger partial charge in [-0.05, 0) is 46.5 Å². The van der Waals surface area contributed by atoms with Gasteiger partial charge in [0, 0.05) is 50.7 Å². The topological polar surface area (TPSA) is 71.1 Å². The molecule has 6 heteroatoms. The van der Waals surface area contributed by atoms with Crippen LogP contribution in [-0.4, -0.2) is 40.0 Å². The van der Waals surface area contributed by atoms with Crippen molar-refractivity contribution in [3.63, 3.8) is 0 Å². The zero-order valence-corrected chi connectivity index (χ0v) is 16.6. The van der Waals surface area contributed by atoms with Crippen molar-refractivity contribution < 1.29 is 28.5 Å². The first-order valence-corrected chi connectivity index (χ1v) is 8.92. The van der Waals surface area contributed by atoms with Gasteiger partial charge in [-0.3, -0.25) is 9.59 Å². The highest BCUT2D eigenvalue weighted by molar-refractivity contribution is 6.28. The first-order chi connectivity index (χ1) is 13.5. The van der Waals surface area contributed by atoms with Crippen LogP contribution in [0.1, 0.15) is 54.1 Å². The van der Waals surface area contributed by atoms with Crippen molar-refractivity contribution in [2.75, 3.05) is 28.4 Å². The number of ketones is 2. The molecule has 0 aromatic heterocycles. The lowest BCUT2D eigenvalue weighted by Crippen LogP contribution is -2.23. The van der Waals surface area contributed by atoms with Gasteiger partial charge in [-0.2, -0.15) is 0 Å². The van der Waals surface area contributed by atoms with Crippen molar-refractivity contribution in [1.82, 2.24) is 0 Å². The SMILES string of the molecule is COCc1cc2c(cc1COC)C(=O)c1cc(COC)c(COC)cc1C2=O. The molecule has 0 atom stereocenters. The van der Waals surface area contributed by atoms with E-state index in [0.717, 1.165) is 22.3 Å². The minimum atomic E-state index is -0.174. The lowest BCUT2D eigenvalue weighted by molar-refractivity contribution is 0.0977. The Bertz CT molecular complexity index is 770. The Hall–Kier alpha value is -2.38. The van der Waals surface area contributed by atoms with E-state index in [1.54, 1.807) is 52.7 Å². The second-order valence-corrected chi connectivity index (χ2v) is 6.72. The quantitative estimate of drug-likeness (QED) is 0.594. The highest BCUT2D eigenvalue weighted by Crippen LogP contribution is 2.32. The summed E-state index contributed by atoms with van der Waals surface area (Å²) >= 11 is 0. The summed E-state index contributed by atoms with van der Waals surface area (Å²) in [6.07, 6.45) is 0.